The summed E-state index contributed by atoms with van der Waals surface area (Å²) in [5, 5.41) is 2.99. The largest absolute Gasteiger partial charge is 0.489 e. The number of urea groups is 1. The van der Waals surface area contributed by atoms with Gasteiger partial charge in [0.1, 0.15) is 12.4 Å². The zero-order valence-corrected chi connectivity index (χ0v) is 19.0. The molecule has 0 radical (unpaired) electrons. The van der Waals surface area contributed by atoms with Gasteiger partial charge in [-0.3, -0.25) is 14.7 Å². The van der Waals surface area contributed by atoms with E-state index in [1.807, 2.05) is 72.8 Å². The van der Waals surface area contributed by atoms with Crippen molar-refractivity contribution in [2.75, 3.05) is 20.1 Å². The lowest BCUT2D eigenvalue weighted by Crippen LogP contribution is -2.45. The van der Waals surface area contributed by atoms with E-state index < -0.39 is 6.04 Å². The molecule has 172 valence electrons. The molecule has 1 N–H and O–H groups in total. The summed E-state index contributed by atoms with van der Waals surface area (Å²) in [6, 6.07) is 22.5. The van der Waals surface area contributed by atoms with Gasteiger partial charge in [-0.2, -0.15) is 0 Å². The predicted octanol–water partition coefficient (Wildman–Crippen LogP) is 3.70. The molecule has 0 bridgehead atoms. The summed E-state index contributed by atoms with van der Waals surface area (Å²) in [4.78, 5) is 33.8. The predicted molar refractivity (Wildman–Crippen MR) is 128 cm³/mol. The van der Waals surface area contributed by atoms with Gasteiger partial charge < -0.3 is 15.0 Å². The van der Waals surface area contributed by atoms with Gasteiger partial charge in [0.25, 0.3) is 5.91 Å². The lowest BCUT2D eigenvalue weighted by atomic mass is 9.95. The van der Waals surface area contributed by atoms with E-state index in [2.05, 4.69) is 10.3 Å². The Hall–Kier alpha value is -4.13. The van der Waals surface area contributed by atoms with Gasteiger partial charge >= 0.3 is 6.03 Å². The molecule has 3 heterocycles. The van der Waals surface area contributed by atoms with Crippen LogP contribution >= 0.6 is 0 Å². The highest BCUT2D eigenvalue weighted by atomic mass is 16.5. The van der Waals surface area contributed by atoms with Crippen molar-refractivity contribution in [3.05, 3.63) is 107 Å². The fourth-order valence-electron chi connectivity index (χ4n) is 4.37. The minimum Gasteiger partial charge on any atom is -0.489 e. The normalized spacial score (nSPS) is 17.6. The second-order valence-corrected chi connectivity index (χ2v) is 8.45. The Balaban J connectivity index is 1.35. The third-order valence-electron chi connectivity index (χ3n) is 6.24. The van der Waals surface area contributed by atoms with Crippen LogP contribution in [-0.2, 0) is 17.8 Å². The third kappa shape index (κ3) is 4.37. The first-order valence-electron chi connectivity index (χ1n) is 11.3. The first-order chi connectivity index (χ1) is 16.6. The van der Waals surface area contributed by atoms with Crippen LogP contribution in [0.5, 0.6) is 5.75 Å². The lowest BCUT2D eigenvalue weighted by Gasteiger charge is -2.31. The van der Waals surface area contributed by atoms with Crippen LogP contribution in [-0.4, -0.2) is 46.9 Å². The number of benzene rings is 2. The molecule has 2 aliphatic heterocycles. The van der Waals surface area contributed by atoms with Gasteiger partial charge in [-0.05, 0) is 35.4 Å². The lowest BCUT2D eigenvalue weighted by molar-refractivity contribution is -0.125. The zero-order chi connectivity index (χ0) is 23.5. The van der Waals surface area contributed by atoms with Gasteiger partial charge in [0.2, 0.25) is 0 Å². The summed E-state index contributed by atoms with van der Waals surface area (Å²) < 4.78 is 5.98. The summed E-state index contributed by atoms with van der Waals surface area (Å²) in [7, 11) is 1.70. The van der Waals surface area contributed by atoms with Crippen LogP contribution in [0.3, 0.4) is 0 Å². The molecule has 0 saturated carbocycles. The molecule has 1 atom stereocenters. The maximum Gasteiger partial charge on any atom is 0.322 e. The van der Waals surface area contributed by atoms with Gasteiger partial charge in [0, 0.05) is 31.9 Å². The highest BCUT2D eigenvalue weighted by molar-refractivity contribution is 6.01. The fourth-order valence-corrected chi connectivity index (χ4v) is 4.37. The highest BCUT2D eigenvalue weighted by Gasteiger charge is 2.42. The van der Waals surface area contributed by atoms with Crippen molar-refractivity contribution in [3.8, 4) is 5.75 Å². The molecule has 1 aromatic heterocycles. The van der Waals surface area contributed by atoms with Crippen LogP contribution in [0.2, 0.25) is 0 Å². The van der Waals surface area contributed by atoms with Crippen molar-refractivity contribution in [2.24, 2.45) is 0 Å². The molecular weight excluding hydrogens is 428 g/mol. The standard InChI is InChI=1S/C27H26N4O3/c1-30-23-17-31(15-13-21-11-5-6-14-28-21)26(32)24(23)25(29-27(30)33)20-10-7-12-22(16-20)34-18-19-8-3-2-4-9-19/h2-12,14,16,25H,13,15,17-18H2,1H3,(H,29,33). The summed E-state index contributed by atoms with van der Waals surface area (Å²) in [5.41, 5.74) is 4.18. The van der Waals surface area contributed by atoms with Gasteiger partial charge in [-0.15, -0.1) is 0 Å². The highest BCUT2D eigenvalue weighted by Crippen LogP contribution is 2.36. The SMILES string of the molecule is CN1C(=O)NC(c2cccc(OCc3ccccc3)c2)C2=C1CN(CCc1ccccn1)C2=O. The van der Waals surface area contributed by atoms with E-state index >= 15 is 0 Å². The molecule has 3 amide bonds. The number of hydrogen-bond acceptors (Lipinski definition) is 4. The number of amides is 3. The Morgan fingerprint density at radius 3 is 2.65 bits per heavy atom. The van der Waals surface area contributed by atoms with Crippen LogP contribution < -0.4 is 10.1 Å². The number of hydrogen-bond donors (Lipinski definition) is 1. The molecule has 0 fully saturated rings. The van der Waals surface area contributed by atoms with Gasteiger partial charge in [-0.1, -0.05) is 48.5 Å². The second-order valence-electron chi connectivity index (χ2n) is 8.45. The van der Waals surface area contributed by atoms with E-state index in [1.54, 1.807) is 23.0 Å². The second kappa shape index (κ2) is 9.39. The quantitative estimate of drug-likeness (QED) is 0.591. The number of ether oxygens (including phenoxy) is 1. The molecule has 5 rings (SSSR count). The van der Waals surface area contributed by atoms with Crippen LogP contribution in [0.1, 0.15) is 22.9 Å². The first-order valence-corrected chi connectivity index (χ1v) is 11.3. The molecule has 0 saturated heterocycles. The Labute approximate surface area is 198 Å². The van der Waals surface area contributed by atoms with Gasteiger partial charge in [-0.25, -0.2) is 4.79 Å². The molecule has 7 nitrogen and oxygen atoms in total. The van der Waals surface area contributed by atoms with E-state index in [1.165, 1.54) is 0 Å². The molecule has 7 heteroatoms. The van der Waals surface area contributed by atoms with E-state index in [0.717, 1.165) is 22.5 Å². The van der Waals surface area contributed by atoms with Crippen molar-refractivity contribution in [1.29, 1.82) is 0 Å². The van der Waals surface area contributed by atoms with Crippen LogP contribution in [0, 0.1) is 0 Å². The van der Waals surface area contributed by atoms with Crippen LogP contribution in [0.4, 0.5) is 4.79 Å². The van der Waals surface area contributed by atoms with Gasteiger partial charge in [0.15, 0.2) is 0 Å². The number of nitrogens with one attached hydrogen (secondary N) is 1. The summed E-state index contributed by atoms with van der Waals surface area (Å²) in [6.07, 6.45) is 2.41. The molecule has 34 heavy (non-hydrogen) atoms. The van der Waals surface area contributed by atoms with Crippen molar-refractivity contribution in [2.45, 2.75) is 19.1 Å². The number of carbonyl (C=O) groups is 2. The maximum atomic E-state index is 13.4. The third-order valence-corrected chi connectivity index (χ3v) is 6.24. The monoisotopic (exact) mass is 454 g/mol. The summed E-state index contributed by atoms with van der Waals surface area (Å²) >= 11 is 0. The first kappa shape index (κ1) is 21.7. The van der Waals surface area contributed by atoms with Crippen molar-refractivity contribution in [3.63, 3.8) is 0 Å². The number of aromatic nitrogens is 1. The summed E-state index contributed by atoms with van der Waals surface area (Å²) in [5.74, 6) is 0.632. The topological polar surface area (TPSA) is 74.8 Å². The van der Waals surface area contributed by atoms with E-state index in [-0.39, 0.29) is 11.9 Å². The number of likely N-dealkylation sites (N-methyl/N-ethyl adjacent to an activating group) is 1. The minimum absolute atomic E-state index is 0.0570. The van der Waals surface area contributed by atoms with Crippen molar-refractivity contribution < 1.29 is 14.3 Å². The number of pyridine rings is 1. The molecule has 1 unspecified atom stereocenters. The average molecular weight is 455 g/mol. The van der Waals surface area contributed by atoms with Crippen LogP contribution in [0.15, 0.2) is 90.3 Å². The van der Waals surface area contributed by atoms with E-state index in [9.17, 15) is 9.59 Å². The molecular formula is C27H26N4O3. The molecule has 0 aliphatic carbocycles. The number of carbonyl (C=O) groups excluding carboxylic acids is 2. The average Bonchev–Trinajstić information content (AvgIpc) is 3.21. The minimum atomic E-state index is -0.522. The molecule has 0 spiro atoms. The van der Waals surface area contributed by atoms with Crippen LogP contribution in [0.25, 0.3) is 0 Å². The summed E-state index contributed by atoms with van der Waals surface area (Å²) in [6.45, 7) is 1.39. The Bertz CT molecular complexity index is 1230. The van der Waals surface area contributed by atoms with E-state index in [0.29, 0.717) is 37.4 Å². The molecule has 2 aliphatic rings. The number of rotatable bonds is 7. The Kier molecular flexibility index (Phi) is 5.99. The Morgan fingerprint density at radius 1 is 1.03 bits per heavy atom. The molecule has 3 aromatic rings. The number of nitrogens with zero attached hydrogens (tertiary/aromatic N) is 3. The smallest absolute Gasteiger partial charge is 0.322 e. The maximum absolute atomic E-state index is 13.4. The molecule has 2 aromatic carbocycles. The van der Waals surface area contributed by atoms with Crippen molar-refractivity contribution >= 4 is 11.9 Å². The van der Waals surface area contributed by atoms with Crippen molar-refractivity contribution in [1.82, 2.24) is 20.1 Å². The van der Waals surface area contributed by atoms with E-state index in [4.69, 9.17) is 4.74 Å². The van der Waals surface area contributed by atoms with Gasteiger partial charge in [0.05, 0.1) is 23.9 Å². The Morgan fingerprint density at radius 2 is 1.85 bits per heavy atom. The fraction of sp³-hybridized carbons (Fsp3) is 0.222. The zero-order valence-electron chi connectivity index (χ0n) is 19.0.